The summed E-state index contributed by atoms with van der Waals surface area (Å²) in [5, 5.41) is 5.85. The monoisotopic (exact) mass is 557 g/mol. The molecule has 2 N–H and O–H groups in total. The van der Waals surface area contributed by atoms with E-state index >= 15 is 0 Å². The molecule has 3 aromatic rings. The number of alkyl carbamates (subject to hydrolysis) is 1. The van der Waals surface area contributed by atoms with E-state index in [-0.39, 0.29) is 18.2 Å². The van der Waals surface area contributed by atoms with E-state index in [2.05, 4.69) is 10.6 Å². The smallest absolute Gasteiger partial charge is 0.408 e. The van der Waals surface area contributed by atoms with Crippen LogP contribution in [0.15, 0.2) is 84.9 Å². The number of carbonyl (C=O) groups is 3. The van der Waals surface area contributed by atoms with Gasteiger partial charge in [0.2, 0.25) is 11.8 Å². The molecule has 0 bridgehead atoms. The molecule has 41 heavy (non-hydrogen) atoms. The second-order valence-electron chi connectivity index (χ2n) is 11.3. The molecule has 0 fully saturated rings. The lowest BCUT2D eigenvalue weighted by atomic mass is 9.99. The molecule has 7 heteroatoms. The van der Waals surface area contributed by atoms with Gasteiger partial charge in [-0.3, -0.25) is 9.59 Å². The van der Waals surface area contributed by atoms with Crippen molar-refractivity contribution in [1.29, 1.82) is 0 Å². The highest BCUT2D eigenvalue weighted by Crippen LogP contribution is 2.25. The third-order valence-electron chi connectivity index (χ3n) is 6.57. The van der Waals surface area contributed by atoms with Crippen molar-refractivity contribution < 1.29 is 19.1 Å². The standard InChI is InChI=1S/C34H43N3O4/c1-6-7-22-37(32(39)29(23-26-14-10-8-11-15-26)36-33(40)41-34(3,4)5)30(28-20-18-25(2)19-21-28)31(38)35-24-27-16-12-9-13-17-27/h8-21,29-30H,6-7,22-24H2,1-5H3,(H,35,38)(H,36,40). The van der Waals surface area contributed by atoms with Crippen molar-refractivity contribution in [2.45, 2.75) is 78.1 Å². The quantitative estimate of drug-likeness (QED) is 0.281. The van der Waals surface area contributed by atoms with Crippen LogP contribution in [0.5, 0.6) is 0 Å². The van der Waals surface area contributed by atoms with E-state index in [0.29, 0.717) is 25.1 Å². The van der Waals surface area contributed by atoms with Gasteiger partial charge in [0.25, 0.3) is 0 Å². The summed E-state index contributed by atoms with van der Waals surface area (Å²) in [7, 11) is 0. The van der Waals surface area contributed by atoms with Gasteiger partial charge in [0.15, 0.2) is 0 Å². The summed E-state index contributed by atoms with van der Waals surface area (Å²) in [5.41, 5.74) is 2.88. The van der Waals surface area contributed by atoms with Crippen LogP contribution in [-0.4, -0.2) is 41.0 Å². The largest absolute Gasteiger partial charge is 0.444 e. The molecule has 0 saturated carbocycles. The zero-order valence-electron chi connectivity index (χ0n) is 24.9. The number of carbonyl (C=O) groups excluding carboxylic acids is 3. The Bertz CT molecular complexity index is 1250. The van der Waals surface area contributed by atoms with Crippen molar-refractivity contribution in [1.82, 2.24) is 15.5 Å². The molecule has 2 unspecified atom stereocenters. The summed E-state index contributed by atoms with van der Waals surface area (Å²) in [6.07, 6.45) is 1.11. The lowest BCUT2D eigenvalue weighted by Crippen LogP contribution is -2.54. The number of amides is 3. The Morgan fingerprint density at radius 3 is 2.00 bits per heavy atom. The van der Waals surface area contributed by atoms with E-state index in [0.717, 1.165) is 23.1 Å². The molecule has 0 saturated heterocycles. The number of hydrogen-bond donors (Lipinski definition) is 2. The average Bonchev–Trinajstić information content (AvgIpc) is 2.94. The summed E-state index contributed by atoms with van der Waals surface area (Å²) in [6.45, 7) is 10.0. The fourth-order valence-corrected chi connectivity index (χ4v) is 4.50. The summed E-state index contributed by atoms with van der Waals surface area (Å²) < 4.78 is 5.51. The van der Waals surface area contributed by atoms with Crippen LogP contribution in [0.25, 0.3) is 0 Å². The van der Waals surface area contributed by atoms with Gasteiger partial charge in [-0.25, -0.2) is 4.79 Å². The van der Waals surface area contributed by atoms with Crippen LogP contribution in [0.4, 0.5) is 4.79 Å². The van der Waals surface area contributed by atoms with Crippen LogP contribution in [0, 0.1) is 6.92 Å². The molecule has 0 heterocycles. The molecule has 3 amide bonds. The Balaban J connectivity index is 1.99. The van der Waals surface area contributed by atoms with Gasteiger partial charge < -0.3 is 20.3 Å². The molecular weight excluding hydrogens is 514 g/mol. The summed E-state index contributed by atoms with van der Waals surface area (Å²) in [4.78, 5) is 42.8. The van der Waals surface area contributed by atoms with E-state index in [1.165, 1.54) is 0 Å². The number of unbranched alkanes of at least 4 members (excludes halogenated alkanes) is 1. The third kappa shape index (κ3) is 10.1. The van der Waals surface area contributed by atoms with E-state index in [9.17, 15) is 14.4 Å². The van der Waals surface area contributed by atoms with Gasteiger partial charge in [-0.05, 0) is 50.8 Å². The van der Waals surface area contributed by atoms with Crippen molar-refractivity contribution in [2.24, 2.45) is 0 Å². The van der Waals surface area contributed by atoms with Crippen molar-refractivity contribution in [2.75, 3.05) is 6.54 Å². The maximum absolute atomic E-state index is 14.4. The van der Waals surface area contributed by atoms with Crippen molar-refractivity contribution in [3.05, 3.63) is 107 Å². The van der Waals surface area contributed by atoms with Crippen molar-refractivity contribution in [3.63, 3.8) is 0 Å². The molecule has 3 rings (SSSR count). The zero-order valence-corrected chi connectivity index (χ0v) is 24.9. The highest BCUT2D eigenvalue weighted by atomic mass is 16.6. The average molecular weight is 558 g/mol. The van der Waals surface area contributed by atoms with Gasteiger partial charge in [-0.2, -0.15) is 0 Å². The number of benzene rings is 3. The SMILES string of the molecule is CCCCN(C(=O)C(Cc1ccccc1)NC(=O)OC(C)(C)C)C(C(=O)NCc1ccccc1)c1ccc(C)cc1. The maximum atomic E-state index is 14.4. The first kappa shape index (κ1) is 31.4. The number of nitrogens with zero attached hydrogens (tertiary/aromatic N) is 1. The summed E-state index contributed by atoms with van der Waals surface area (Å²) >= 11 is 0. The number of nitrogens with one attached hydrogen (secondary N) is 2. The topological polar surface area (TPSA) is 87.7 Å². The molecule has 218 valence electrons. The molecule has 0 aliphatic carbocycles. The molecule has 0 radical (unpaired) electrons. The second kappa shape index (κ2) is 15.0. The van der Waals surface area contributed by atoms with Gasteiger partial charge in [0.1, 0.15) is 17.7 Å². The molecule has 0 aliphatic rings. The van der Waals surface area contributed by atoms with E-state index in [1.807, 2.05) is 98.8 Å². The van der Waals surface area contributed by atoms with Gasteiger partial charge >= 0.3 is 6.09 Å². The van der Waals surface area contributed by atoms with Crippen LogP contribution in [0.3, 0.4) is 0 Å². The highest BCUT2D eigenvalue weighted by molar-refractivity contribution is 5.92. The molecule has 3 aromatic carbocycles. The number of ether oxygens (including phenoxy) is 1. The zero-order chi connectivity index (χ0) is 29.8. The van der Waals surface area contributed by atoms with E-state index < -0.39 is 23.8 Å². The number of aryl methyl sites for hydroxylation is 1. The molecule has 2 atom stereocenters. The first-order valence-corrected chi connectivity index (χ1v) is 14.3. The predicted molar refractivity (Wildman–Crippen MR) is 162 cm³/mol. The fraction of sp³-hybridized carbons (Fsp3) is 0.382. The van der Waals surface area contributed by atoms with Gasteiger partial charge in [-0.1, -0.05) is 104 Å². The van der Waals surface area contributed by atoms with E-state index in [4.69, 9.17) is 4.74 Å². The first-order valence-electron chi connectivity index (χ1n) is 14.3. The van der Waals surface area contributed by atoms with Crippen molar-refractivity contribution in [3.8, 4) is 0 Å². The number of hydrogen-bond acceptors (Lipinski definition) is 4. The van der Waals surface area contributed by atoms with Crippen molar-refractivity contribution >= 4 is 17.9 Å². The van der Waals surface area contributed by atoms with E-state index in [1.54, 1.807) is 25.7 Å². The molecule has 0 aromatic heterocycles. The normalized spacial score (nSPS) is 12.6. The Morgan fingerprint density at radius 2 is 1.44 bits per heavy atom. The highest BCUT2D eigenvalue weighted by Gasteiger charge is 2.36. The number of rotatable bonds is 12. The second-order valence-corrected chi connectivity index (χ2v) is 11.3. The summed E-state index contributed by atoms with van der Waals surface area (Å²) in [6, 6.07) is 25.0. The van der Waals surface area contributed by atoms with Crippen LogP contribution in [0.1, 0.15) is 68.8 Å². The van der Waals surface area contributed by atoms with Crippen LogP contribution in [-0.2, 0) is 27.3 Å². The molecule has 0 spiro atoms. The molecular formula is C34H43N3O4. The predicted octanol–water partition coefficient (Wildman–Crippen LogP) is 6.12. The Kier molecular flexibility index (Phi) is 11.5. The minimum atomic E-state index is -0.932. The summed E-state index contributed by atoms with van der Waals surface area (Å²) in [5.74, 6) is -0.619. The van der Waals surface area contributed by atoms with Gasteiger partial charge in [0, 0.05) is 19.5 Å². The lowest BCUT2D eigenvalue weighted by Gasteiger charge is -2.34. The maximum Gasteiger partial charge on any atom is 0.408 e. The Hall–Kier alpha value is -4.13. The van der Waals surface area contributed by atoms with Crippen LogP contribution >= 0.6 is 0 Å². The minimum Gasteiger partial charge on any atom is -0.444 e. The minimum absolute atomic E-state index is 0.258. The van der Waals surface area contributed by atoms with Crippen LogP contribution < -0.4 is 10.6 Å². The van der Waals surface area contributed by atoms with Gasteiger partial charge in [0.05, 0.1) is 0 Å². The Labute approximate surface area is 244 Å². The van der Waals surface area contributed by atoms with Crippen LogP contribution in [0.2, 0.25) is 0 Å². The first-order chi connectivity index (χ1) is 19.6. The fourth-order valence-electron chi connectivity index (χ4n) is 4.50. The van der Waals surface area contributed by atoms with Gasteiger partial charge in [-0.15, -0.1) is 0 Å². The third-order valence-corrected chi connectivity index (χ3v) is 6.57. The molecule has 7 nitrogen and oxygen atoms in total. The molecule has 0 aliphatic heterocycles. The Morgan fingerprint density at radius 1 is 0.854 bits per heavy atom. The lowest BCUT2D eigenvalue weighted by molar-refractivity contribution is -0.142.